The Hall–Kier alpha value is -1.46. The molecule has 5 nitrogen and oxygen atoms in total. The Morgan fingerprint density at radius 1 is 1.35 bits per heavy atom. The van der Waals surface area contributed by atoms with Gasteiger partial charge >= 0.3 is 6.03 Å². The predicted octanol–water partition coefficient (Wildman–Crippen LogP) is 3.22. The minimum absolute atomic E-state index is 0.0549. The number of hydrogen-bond donors (Lipinski definition) is 3. The second-order valence-corrected chi connectivity index (χ2v) is 6.82. The molecule has 1 aliphatic heterocycles. The largest absolute Gasteiger partial charge is 0.396 e. The molecule has 0 bridgehead atoms. The van der Waals surface area contributed by atoms with Gasteiger partial charge in [-0.15, -0.1) is 0 Å². The van der Waals surface area contributed by atoms with Gasteiger partial charge in [0, 0.05) is 31.4 Å². The topological polar surface area (TPSA) is 64.6 Å². The van der Waals surface area contributed by atoms with Gasteiger partial charge in [0.15, 0.2) is 0 Å². The van der Waals surface area contributed by atoms with E-state index in [2.05, 4.69) is 15.5 Å². The van der Waals surface area contributed by atoms with E-state index in [1.54, 1.807) is 6.07 Å². The molecule has 1 aromatic carbocycles. The molecule has 0 spiro atoms. The molecule has 1 aliphatic carbocycles. The van der Waals surface area contributed by atoms with Crippen LogP contribution in [0.2, 0.25) is 5.02 Å². The van der Waals surface area contributed by atoms with Crippen LogP contribution in [0.3, 0.4) is 0 Å². The number of urea groups is 1. The minimum Gasteiger partial charge on any atom is -0.396 e. The molecule has 6 heteroatoms. The van der Waals surface area contributed by atoms with Gasteiger partial charge in [-0.05, 0) is 56.2 Å². The number of hydrogen-bond acceptors (Lipinski definition) is 3. The average molecular weight is 338 g/mol. The number of amides is 2. The number of nitrogens with zero attached hydrogens (tertiary/aromatic N) is 1. The van der Waals surface area contributed by atoms with Gasteiger partial charge in [-0.1, -0.05) is 11.6 Å². The highest BCUT2D eigenvalue weighted by Crippen LogP contribution is 2.34. The highest BCUT2D eigenvalue weighted by Gasteiger charge is 2.31. The Labute approximate surface area is 142 Å². The summed E-state index contributed by atoms with van der Waals surface area (Å²) in [6.45, 7) is 2.17. The first-order valence-electron chi connectivity index (χ1n) is 8.40. The van der Waals surface area contributed by atoms with E-state index in [4.69, 9.17) is 16.7 Å². The summed E-state index contributed by atoms with van der Waals surface area (Å²) >= 11 is 6.36. The van der Waals surface area contributed by atoms with Gasteiger partial charge in [-0.2, -0.15) is 0 Å². The molecule has 2 aliphatic rings. The molecule has 1 aromatic rings. The summed E-state index contributed by atoms with van der Waals surface area (Å²) in [6.07, 6.45) is 5.26. The lowest BCUT2D eigenvalue weighted by Gasteiger charge is -2.20. The van der Waals surface area contributed by atoms with E-state index in [9.17, 15) is 4.79 Å². The predicted molar refractivity (Wildman–Crippen MR) is 93.3 cm³/mol. The van der Waals surface area contributed by atoms with Crippen LogP contribution in [0, 0.1) is 5.92 Å². The SMILES string of the molecule is O=C(Nc1ccc(N2CCCC2)c(Cl)c1)N[C@H](CCO)C1CC1. The Morgan fingerprint density at radius 2 is 2.09 bits per heavy atom. The Morgan fingerprint density at radius 3 is 2.70 bits per heavy atom. The number of carbonyl (C=O) groups excluding carboxylic acids is 1. The first-order valence-corrected chi connectivity index (χ1v) is 8.78. The quantitative estimate of drug-likeness (QED) is 0.746. The van der Waals surface area contributed by atoms with E-state index in [-0.39, 0.29) is 18.7 Å². The van der Waals surface area contributed by atoms with Crippen LogP contribution in [0.25, 0.3) is 0 Å². The number of aliphatic hydroxyl groups excluding tert-OH is 1. The van der Waals surface area contributed by atoms with Crippen molar-refractivity contribution >= 4 is 29.0 Å². The number of halogens is 1. The molecule has 0 aromatic heterocycles. The number of carbonyl (C=O) groups is 1. The Kier molecular flexibility index (Phi) is 5.28. The fraction of sp³-hybridized carbons (Fsp3) is 0.588. The number of nitrogens with one attached hydrogen (secondary N) is 2. The summed E-state index contributed by atoms with van der Waals surface area (Å²) in [7, 11) is 0. The van der Waals surface area contributed by atoms with Gasteiger partial charge < -0.3 is 20.6 Å². The molecule has 1 saturated heterocycles. The van der Waals surface area contributed by atoms with Crippen molar-refractivity contribution in [3.63, 3.8) is 0 Å². The van der Waals surface area contributed by atoms with Gasteiger partial charge in [-0.25, -0.2) is 4.79 Å². The lowest BCUT2D eigenvalue weighted by molar-refractivity contribution is 0.234. The van der Waals surface area contributed by atoms with E-state index < -0.39 is 0 Å². The zero-order chi connectivity index (χ0) is 16.2. The maximum atomic E-state index is 12.1. The number of benzene rings is 1. The molecular weight excluding hydrogens is 314 g/mol. The number of rotatable bonds is 6. The molecule has 126 valence electrons. The molecule has 3 N–H and O–H groups in total. The van der Waals surface area contributed by atoms with Crippen LogP contribution in [0.15, 0.2) is 18.2 Å². The zero-order valence-corrected chi connectivity index (χ0v) is 14.0. The molecular formula is C17H24ClN3O2. The van der Waals surface area contributed by atoms with E-state index in [1.165, 1.54) is 12.8 Å². The normalized spacial score (nSPS) is 18.8. The van der Waals surface area contributed by atoms with Crippen molar-refractivity contribution in [2.24, 2.45) is 5.92 Å². The van der Waals surface area contributed by atoms with Crippen LogP contribution in [-0.2, 0) is 0 Å². The smallest absolute Gasteiger partial charge is 0.319 e. The third-order valence-electron chi connectivity index (χ3n) is 4.60. The maximum absolute atomic E-state index is 12.1. The van der Waals surface area contributed by atoms with E-state index in [1.807, 2.05) is 12.1 Å². The summed E-state index contributed by atoms with van der Waals surface area (Å²) < 4.78 is 0. The van der Waals surface area contributed by atoms with Crippen LogP contribution >= 0.6 is 11.6 Å². The van der Waals surface area contributed by atoms with Crippen molar-refractivity contribution in [1.29, 1.82) is 0 Å². The Balaban J connectivity index is 1.58. The lowest BCUT2D eigenvalue weighted by Crippen LogP contribution is -2.39. The molecule has 23 heavy (non-hydrogen) atoms. The summed E-state index contributed by atoms with van der Waals surface area (Å²) in [5, 5.41) is 15.5. The third-order valence-corrected chi connectivity index (χ3v) is 4.90. The van der Waals surface area contributed by atoms with Crippen molar-refractivity contribution in [2.75, 3.05) is 29.9 Å². The van der Waals surface area contributed by atoms with Crippen LogP contribution in [0.5, 0.6) is 0 Å². The van der Waals surface area contributed by atoms with Crippen LogP contribution in [0.1, 0.15) is 32.1 Å². The summed E-state index contributed by atoms with van der Waals surface area (Å²) in [6, 6.07) is 5.47. The molecule has 2 amide bonds. The highest BCUT2D eigenvalue weighted by atomic mass is 35.5. The maximum Gasteiger partial charge on any atom is 0.319 e. The van der Waals surface area contributed by atoms with Gasteiger partial charge in [0.1, 0.15) is 0 Å². The second kappa shape index (κ2) is 7.41. The van der Waals surface area contributed by atoms with Crippen LogP contribution in [-0.4, -0.2) is 36.9 Å². The summed E-state index contributed by atoms with van der Waals surface area (Å²) in [4.78, 5) is 14.4. The van der Waals surface area contributed by atoms with Crippen molar-refractivity contribution in [3.05, 3.63) is 23.2 Å². The van der Waals surface area contributed by atoms with Crippen LogP contribution < -0.4 is 15.5 Å². The zero-order valence-electron chi connectivity index (χ0n) is 13.2. The second-order valence-electron chi connectivity index (χ2n) is 6.42. The minimum atomic E-state index is -0.236. The van der Waals surface area contributed by atoms with Crippen molar-refractivity contribution in [3.8, 4) is 0 Å². The Bertz CT molecular complexity index is 557. The standard InChI is InChI=1S/C17H24ClN3O2/c18-14-11-13(5-6-16(14)21-8-1-2-9-21)19-17(23)20-15(7-10-22)12-3-4-12/h5-6,11-12,15,22H,1-4,7-10H2,(H2,19,20,23)/t15-/m1/s1. The summed E-state index contributed by atoms with van der Waals surface area (Å²) in [5.41, 5.74) is 1.72. The molecule has 2 fully saturated rings. The molecule has 1 heterocycles. The van der Waals surface area contributed by atoms with Crippen molar-refractivity contribution in [2.45, 2.75) is 38.1 Å². The van der Waals surface area contributed by atoms with E-state index >= 15 is 0 Å². The van der Waals surface area contributed by atoms with Gasteiger partial charge in [-0.3, -0.25) is 0 Å². The molecule has 0 unspecified atom stereocenters. The third kappa shape index (κ3) is 4.30. The molecule has 1 saturated carbocycles. The summed E-state index contributed by atoms with van der Waals surface area (Å²) in [5.74, 6) is 0.508. The first kappa shape index (κ1) is 16.4. The number of anilines is 2. The molecule has 0 radical (unpaired) electrons. The monoisotopic (exact) mass is 337 g/mol. The van der Waals surface area contributed by atoms with Crippen molar-refractivity contribution < 1.29 is 9.90 Å². The molecule has 1 atom stereocenters. The van der Waals surface area contributed by atoms with E-state index in [0.29, 0.717) is 23.0 Å². The van der Waals surface area contributed by atoms with Crippen molar-refractivity contribution in [1.82, 2.24) is 5.32 Å². The first-order chi connectivity index (χ1) is 11.2. The van der Waals surface area contributed by atoms with Gasteiger partial charge in [0.2, 0.25) is 0 Å². The van der Waals surface area contributed by atoms with Gasteiger partial charge in [0.25, 0.3) is 0 Å². The van der Waals surface area contributed by atoms with E-state index in [0.717, 1.165) is 31.6 Å². The van der Waals surface area contributed by atoms with Gasteiger partial charge in [0.05, 0.1) is 10.7 Å². The van der Waals surface area contributed by atoms with Crippen LogP contribution in [0.4, 0.5) is 16.2 Å². The fourth-order valence-corrected chi connectivity index (χ4v) is 3.50. The lowest BCUT2D eigenvalue weighted by atomic mass is 10.1. The fourth-order valence-electron chi connectivity index (χ4n) is 3.20. The molecule has 3 rings (SSSR count). The average Bonchev–Trinajstić information content (AvgIpc) is 3.23. The number of aliphatic hydroxyl groups is 1. The highest BCUT2D eigenvalue weighted by molar-refractivity contribution is 6.33.